The van der Waals surface area contributed by atoms with Crippen LogP contribution in [0.25, 0.3) is 18.2 Å². The van der Waals surface area contributed by atoms with Crippen molar-refractivity contribution in [2.75, 3.05) is 32.7 Å². The minimum atomic E-state index is -0.0888. The fraction of sp³-hybridized carbons (Fsp3) is 0.273. The Morgan fingerprint density at radius 3 is 1.53 bits per heavy atom. The summed E-state index contributed by atoms with van der Waals surface area (Å²) in [5.74, 6) is 0. The Morgan fingerprint density at radius 1 is 0.611 bits per heavy atom. The number of hydrogen-bond acceptors (Lipinski definition) is 3. The van der Waals surface area contributed by atoms with Crippen LogP contribution in [-0.2, 0) is 19.4 Å². The number of benzene rings is 3. The van der Waals surface area contributed by atoms with E-state index in [0.29, 0.717) is 0 Å². The van der Waals surface area contributed by atoms with Gasteiger partial charge in [-0.1, -0.05) is 111 Å². The van der Waals surface area contributed by atoms with Crippen molar-refractivity contribution in [2.45, 2.75) is 24.9 Å². The Labute approximate surface area is 217 Å². The van der Waals surface area contributed by atoms with Crippen LogP contribution in [0.5, 0.6) is 0 Å². The van der Waals surface area contributed by atoms with Gasteiger partial charge in [0.25, 0.3) is 0 Å². The van der Waals surface area contributed by atoms with Crippen LogP contribution in [0, 0.1) is 0 Å². The highest BCUT2D eigenvalue weighted by atomic mass is 15.2. The lowest BCUT2D eigenvalue weighted by atomic mass is 9.81. The summed E-state index contributed by atoms with van der Waals surface area (Å²) in [5.41, 5.74) is 7.41. The molecule has 0 aliphatic carbocycles. The lowest BCUT2D eigenvalue weighted by Gasteiger charge is -2.45. The second-order valence-corrected chi connectivity index (χ2v) is 9.76. The highest BCUT2D eigenvalue weighted by Crippen LogP contribution is 2.29. The van der Waals surface area contributed by atoms with E-state index in [9.17, 15) is 0 Å². The molecule has 0 bridgehead atoms. The number of rotatable bonds is 9. The smallest absolute Gasteiger partial charge is 0.0418 e. The monoisotopic (exact) mass is 477 g/mol. The Bertz CT molecular complexity index is 1070. The van der Waals surface area contributed by atoms with E-state index in [2.05, 4.69) is 108 Å². The van der Waals surface area contributed by atoms with E-state index >= 15 is 0 Å². The first-order chi connectivity index (χ1) is 17.6. The Morgan fingerprint density at radius 2 is 1.06 bits per heavy atom. The van der Waals surface area contributed by atoms with Crippen molar-refractivity contribution in [2.24, 2.45) is 0 Å². The van der Waals surface area contributed by atoms with Crippen molar-refractivity contribution in [3.05, 3.63) is 126 Å². The van der Waals surface area contributed by atoms with E-state index in [1.165, 1.54) is 16.7 Å². The summed E-state index contributed by atoms with van der Waals surface area (Å²) in [5, 5.41) is 7.41. The minimum Gasteiger partial charge on any atom is -0.314 e. The van der Waals surface area contributed by atoms with Crippen molar-refractivity contribution in [3.63, 3.8) is 0 Å². The van der Waals surface area contributed by atoms with E-state index < -0.39 is 0 Å². The fourth-order valence-electron chi connectivity index (χ4n) is 5.13. The molecule has 3 nitrogen and oxygen atoms in total. The SMILES string of the molecule is C=Cc1ccc(CN2CCNCCNCC2(Cc2ccc(C=C)cc2)Cc2ccc(C=C)cc2)cc1. The molecule has 1 saturated heterocycles. The lowest BCUT2D eigenvalue weighted by molar-refractivity contribution is 0.0806. The van der Waals surface area contributed by atoms with Gasteiger partial charge in [-0.05, 0) is 46.2 Å². The highest BCUT2D eigenvalue weighted by Gasteiger charge is 2.37. The standard InChI is InChI=1S/C33H39N3/c1-4-27-7-13-30(14-8-27)23-33(24-31-15-9-28(5-2)10-16-31)26-35-20-19-34-21-22-36(33)25-32-17-11-29(6-3)12-18-32/h4-18,34-35H,1-3,19-26H2. The van der Waals surface area contributed by atoms with Crippen molar-refractivity contribution >= 4 is 18.2 Å². The summed E-state index contributed by atoms with van der Waals surface area (Å²) in [6.45, 7) is 17.5. The molecular formula is C33H39N3. The van der Waals surface area contributed by atoms with E-state index in [1.54, 1.807) is 0 Å². The van der Waals surface area contributed by atoms with Crippen molar-refractivity contribution in [1.82, 2.24) is 15.5 Å². The van der Waals surface area contributed by atoms with Crippen molar-refractivity contribution in [1.29, 1.82) is 0 Å². The third-order valence-electron chi connectivity index (χ3n) is 7.25. The third kappa shape index (κ3) is 6.70. The number of nitrogens with one attached hydrogen (secondary N) is 2. The van der Waals surface area contributed by atoms with Gasteiger partial charge in [0.15, 0.2) is 0 Å². The van der Waals surface area contributed by atoms with Crippen molar-refractivity contribution in [3.8, 4) is 0 Å². The topological polar surface area (TPSA) is 27.3 Å². The largest absolute Gasteiger partial charge is 0.314 e. The van der Waals surface area contributed by atoms with Crippen LogP contribution >= 0.6 is 0 Å². The predicted octanol–water partition coefficient (Wildman–Crippen LogP) is 5.83. The number of nitrogens with zero attached hydrogens (tertiary/aromatic N) is 1. The summed E-state index contributed by atoms with van der Waals surface area (Å²) < 4.78 is 0. The Balaban J connectivity index is 1.74. The molecule has 2 N–H and O–H groups in total. The molecule has 0 unspecified atom stereocenters. The summed E-state index contributed by atoms with van der Waals surface area (Å²) in [6, 6.07) is 26.6. The summed E-state index contributed by atoms with van der Waals surface area (Å²) in [4.78, 5) is 2.70. The first-order valence-electron chi connectivity index (χ1n) is 12.9. The molecule has 1 aliphatic rings. The van der Waals surface area contributed by atoms with Crippen LogP contribution in [0.3, 0.4) is 0 Å². The molecule has 1 heterocycles. The van der Waals surface area contributed by atoms with Gasteiger partial charge in [-0.15, -0.1) is 0 Å². The maximum Gasteiger partial charge on any atom is 0.0418 e. The molecule has 3 aromatic rings. The maximum atomic E-state index is 3.93. The summed E-state index contributed by atoms with van der Waals surface area (Å²) in [6.07, 6.45) is 7.65. The van der Waals surface area contributed by atoms with Crippen LogP contribution < -0.4 is 10.6 Å². The average Bonchev–Trinajstić information content (AvgIpc) is 3.01. The second-order valence-electron chi connectivity index (χ2n) is 9.76. The predicted molar refractivity (Wildman–Crippen MR) is 156 cm³/mol. The molecule has 1 aliphatic heterocycles. The molecule has 0 atom stereocenters. The summed E-state index contributed by atoms with van der Waals surface area (Å²) in [7, 11) is 0. The van der Waals surface area contributed by atoms with Crippen LogP contribution in [0.1, 0.15) is 33.4 Å². The molecule has 1 fully saturated rings. The molecular weight excluding hydrogens is 438 g/mol. The van der Waals surface area contributed by atoms with E-state index in [-0.39, 0.29) is 5.54 Å². The average molecular weight is 478 g/mol. The quantitative estimate of drug-likeness (QED) is 0.406. The van der Waals surface area contributed by atoms with E-state index in [1.807, 2.05) is 18.2 Å². The van der Waals surface area contributed by atoms with Gasteiger partial charge in [-0.2, -0.15) is 0 Å². The molecule has 0 spiro atoms. The van der Waals surface area contributed by atoms with E-state index in [0.717, 1.165) is 68.8 Å². The zero-order valence-corrected chi connectivity index (χ0v) is 21.4. The second kappa shape index (κ2) is 12.6. The van der Waals surface area contributed by atoms with Gasteiger partial charge < -0.3 is 10.6 Å². The molecule has 36 heavy (non-hydrogen) atoms. The molecule has 0 radical (unpaired) electrons. The van der Waals surface area contributed by atoms with Gasteiger partial charge in [0.1, 0.15) is 0 Å². The van der Waals surface area contributed by atoms with Gasteiger partial charge in [0.2, 0.25) is 0 Å². The number of hydrogen-bond donors (Lipinski definition) is 2. The lowest BCUT2D eigenvalue weighted by Crippen LogP contribution is -2.58. The van der Waals surface area contributed by atoms with Gasteiger partial charge in [0, 0.05) is 44.8 Å². The molecule has 0 aromatic heterocycles. The fourth-order valence-corrected chi connectivity index (χ4v) is 5.13. The van der Waals surface area contributed by atoms with Gasteiger partial charge >= 0.3 is 0 Å². The van der Waals surface area contributed by atoms with Gasteiger partial charge in [0.05, 0.1) is 0 Å². The maximum absolute atomic E-state index is 3.93. The normalized spacial score (nSPS) is 16.3. The van der Waals surface area contributed by atoms with Gasteiger partial charge in [-0.25, -0.2) is 0 Å². The van der Waals surface area contributed by atoms with Gasteiger partial charge in [-0.3, -0.25) is 4.90 Å². The minimum absolute atomic E-state index is 0.0888. The molecule has 3 heteroatoms. The third-order valence-corrected chi connectivity index (χ3v) is 7.25. The molecule has 186 valence electrons. The zero-order valence-electron chi connectivity index (χ0n) is 21.4. The molecule has 0 saturated carbocycles. The first kappa shape index (κ1) is 25.8. The zero-order chi connectivity index (χ0) is 25.2. The van der Waals surface area contributed by atoms with Crippen LogP contribution in [-0.4, -0.2) is 43.2 Å². The molecule has 0 amide bonds. The van der Waals surface area contributed by atoms with Crippen LogP contribution in [0.4, 0.5) is 0 Å². The van der Waals surface area contributed by atoms with Crippen LogP contribution in [0.2, 0.25) is 0 Å². The van der Waals surface area contributed by atoms with E-state index in [4.69, 9.17) is 0 Å². The summed E-state index contributed by atoms with van der Waals surface area (Å²) >= 11 is 0. The molecule has 3 aromatic carbocycles. The van der Waals surface area contributed by atoms with Crippen molar-refractivity contribution < 1.29 is 0 Å². The Hall–Kier alpha value is -3.24. The highest BCUT2D eigenvalue weighted by molar-refractivity contribution is 5.49. The Kier molecular flexibility index (Phi) is 9.07. The first-order valence-corrected chi connectivity index (χ1v) is 12.9. The molecule has 4 rings (SSSR count). The van der Waals surface area contributed by atoms with Crippen LogP contribution in [0.15, 0.2) is 92.5 Å².